The van der Waals surface area contributed by atoms with Gasteiger partial charge in [0.2, 0.25) is 0 Å². The zero-order chi connectivity index (χ0) is 14.4. The van der Waals surface area contributed by atoms with Gasteiger partial charge in [0.15, 0.2) is 0 Å². The van der Waals surface area contributed by atoms with Crippen molar-refractivity contribution in [1.82, 2.24) is 0 Å². The van der Waals surface area contributed by atoms with E-state index in [9.17, 15) is 10.2 Å². The van der Waals surface area contributed by atoms with Crippen molar-refractivity contribution >= 4 is 0 Å². The normalized spacial score (nSPS) is 30.1. The molecule has 2 nitrogen and oxygen atoms in total. The molecule has 0 amide bonds. The van der Waals surface area contributed by atoms with Gasteiger partial charge in [0.25, 0.3) is 0 Å². The van der Waals surface area contributed by atoms with Crippen molar-refractivity contribution in [2.75, 3.05) is 13.2 Å². The molecular formula is C18H24O2. The first-order chi connectivity index (χ1) is 9.52. The molecule has 108 valence electrons. The SMILES string of the molecule is CC1(C)C=C2C[C@H](c3ccccc3)C(CO)(CO)[C@H]2C1. The minimum absolute atomic E-state index is 0.0567. The van der Waals surface area contributed by atoms with Gasteiger partial charge in [-0.3, -0.25) is 0 Å². The monoisotopic (exact) mass is 272 g/mol. The van der Waals surface area contributed by atoms with Crippen LogP contribution in [0.3, 0.4) is 0 Å². The van der Waals surface area contributed by atoms with Crippen LogP contribution in [0.5, 0.6) is 0 Å². The van der Waals surface area contributed by atoms with E-state index in [-0.39, 0.29) is 24.5 Å². The van der Waals surface area contributed by atoms with Crippen molar-refractivity contribution in [1.29, 1.82) is 0 Å². The van der Waals surface area contributed by atoms with Crippen LogP contribution in [0.2, 0.25) is 0 Å². The molecule has 0 bridgehead atoms. The first-order valence-corrected chi connectivity index (χ1v) is 7.51. The van der Waals surface area contributed by atoms with E-state index in [0.29, 0.717) is 5.92 Å². The van der Waals surface area contributed by atoms with Crippen molar-refractivity contribution in [2.24, 2.45) is 16.7 Å². The molecule has 20 heavy (non-hydrogen) atoms. The van der Waals surface area contributed by atoms with Crippen LogP contribution in [0.15, 0.2) is 42.0 Å². The van der Waals surface area contributed by atoms with Crippen LogP contribution in [0, 0.1) is 16.7 Å². The maximum atomic E-state index is 10.1. The number of allylic oxidation sites excluding steroid dienone is 2. The molecule has 1 fully saturated rings. The number of aliphatic hydroxyl groups excluding tert-OH is 2. The fourth-order valence-corrected chi connectivity index (χ4v) is 4.40. The highest BCUT2D eigenvalue weighted by atomic mass is 16.3. The number of hydrogen-bond donors (Lipinski definition) is 2. The standard InChI is InChI=1S/C18H24O2/c1-17(2)9-14-8-15(13-6-4-3-5-7-13)18(11-19,12-20)16(14)10-17/h3-7,9,15-16,19-20H,8,10-12H2,1-2H3/t15-,16+/m1/s1. The van der Waals surface area contributed by atoms with Gasteiger partial charge in [-0.1, -0.05) is 55.8 Å². The maximum absolute atomic E-state index is 10.1. The van der Waals surface area contributed by atoms with E-state index < -0.39 is 5.41 Å². The quantitative estimate of drug-likeness (QED) is 0.830. The van der Waals surface area contributed by atoms with Crippen LogP contribution in [0.1, 0.15) is 38.2 Å². The summed E-state index contributed by atoms with van der Waals surface area (Å²) in [5, 5.41) is 20.2. The average molecular weight is 272 g/mol. The lowest BCUT2D eigenvalue weighted by atomic mass is 9.68. The third-order valence-electron chi connectivity index (χ3n) is 5.37. The van der Waals surface area contributed by atoms with Crippen LogP contribution in [-0.4, -0.2) is 23.4 Å². The van der Waals surface area contributed by atoms with Gasteiger partial charge in [0.1, 0.15) is 0 Å². The Bertz CT molecular complexity index is 511. The van der Waals surface area contributed by atoms with Crippen molar-refractivity contribution < 1.29 is 10.2 Å². The summed E-state index contributed by atoms with van der Waals surface area (Å²) in [4.78, 5) is 0. The van der Waals surface area contributed by atoms with E-state index in [4.69, 9.17) is 0 Å². The number of aliphatic hydroxyl groups is 2. The molecule has 0 saturated heterocycles. The van der Waals surface area contributed by atoms with Gasteiger partial charge < -0.3 is 10.2 Å². The van der Waals surface area contributed by atoms with Crippen molar-refractivity contribution in [3.8, 4) is 0 Å². The minimum Gasteiger partial charge on any atom is -0.396 e. The van der Waals surface area contributed by atoms with Gasteiger partial charge in [0, 0.05) is 5.41 Å². The number of benzene rings is 1. The molecule has 3 rings (SSSR count). The van der Waals surface area contributed by atoms with Gasteiger partial charge >= 0.3 is 0 Å². The highest BCUT2D eigenvalue weighted by molar-refractivity contribution is 5.36. The number of hydrogen-bond acceptors (Lipinski definition) is 2. The highest BCUT2D eigenvalue weighted by Gasteiger charge is 2.55. The molecule has 1 saturated carbocycles. The topological polar surface area (TPSA) is 40.5 Å². The summed E-state index contributed by atoms with van der Waals surface area (Å²) < 4.78 is 0. The molecule has 0 aromatic heterocycles. The number of fused-ring (bicyclic) bond motifs is 1. The van der Waals surface area contributed by atoms with Gasteiger partial charge in [-0.15, -0.1) is 0 Å². The van der Waals surface area contributed by atoms with Gasteiger partial charge in [-0.2, -0.15) is 0 Å². The summed E-state index contributed by atoms with van der Waals surface area (Å²) in [7, 11) is 0. The zero-order valence-corrected chi connectivity index (χ0v) is 12.3. The molecule has 0 spiro atoms. The lowest BCUT2D eigenvalue weighted by Crippen LogP contribution is -2.39. The molecule has 2 heteroatoms. The summed E-state index contributed by atoms with van der Waals surface area (Å²) in [5.74, 6) is 0.545. The van der Waals surface area contributed by atoms with Crippen LogP contribution in [0.25, 0.3) is 0 Å². The Morgan fingerprint density at radius 2 is 1.70 bits per heavy atom. The Balaban J connectivity index is 2.04. The van der Waals surface area contributed by atoms with E-state index in [2.05, 4.69) is 32.1 Å². The van der Waals surface area contributed by atoms with Crippen molar-refractivity contribution in [2.45, 2.75) is 32.6 Å². The fraction of sp³-hybridized carbons (Fsp3) is 0.556. The molecule has 0 radical (unpaired) electrons. The van der Waals surface area contributed by atoms with Crippen LogP contribution >= 0.6 is 0 Å². The van der Waals surface area contributed by atoms with Gasteiger partial charge in [0.05, 0.1) is 13.2 Å². The fourth-order valence-electron chi connectivity index (χ4n) is 4.40. The highest BCUT2D eigenvalue weighted by Crippen LogP contribution is 2.62. The lowest BCUT2D eigenvalue weighted by molar-refractivity contribution is 0.00810. The van der Waals surface area contributed by atoms with E-state index in [1.165, 1.54) is 11.1 Å². The number of rotatable bonds is 3. The van der Waals surface area contributed by atoms with E-state index in [0.717, 1.165) is 12.8 Å². The predicted molar refractivity (Wildman–Crippen MR) is 80.4 cm³/mol. The smallest absolute Gasteiger partial charge is 0.0521 e. The predicted octanol–water partition coefficient (Wildman–Crippen LogP) is 3.12. The second-order valence-electron chi connectivity index (χ2n) is 7.18. The molecule has 1 aromatic rings. The minimum atomic E-state index is -0.402. The Kier molecular flexibility index (Phi) is 3.26. The van der Waals surface area contributed by atoms with Crippen LogP contribution < -0.4 is 0 Å². The Labute approximate surface area is 121 Å². The Morgan fingerprint density at radius 1 is 1.05 bits per heavy atom. The lowest BCUT2D eigenvalue weighted by Gasteiger charge is -2.38. The summed E-state index contributed by atoms with van der Waals surface area (Å²) in [5.41, 5.74) is 2.47. The first-order valence-electron chi connectivity index (χ1n) is 7.51. The van der Waals surface area contributed by atoms with Crippen molar-refractivity contribution in [3.63, 3.8) is 0 Å². The Morgan fingerprint density at radius 3 is 2.30 bits per heavy atom. The average Bonchev–Trinajstić information content (AvgIpc) is 2.90. The maximum Gasteiger partial charge on any atom is 0.0521 e. The second kappa shape index (κ2) is 4.71. The second-order valence-corrected chi connectivity index (χ2v) is 7.18. The summed E-state index contributed by atoms with van der Waals surface area (Å²) >= 11 is 0. The van der Waals surface area contributed by atoms with Crippen LogP contribution in [0.4, 0.5) is 0 Å². The van der Waals surface area contributed by atoms with E-state index in [1.807, 2.05) is 18.2 Å². The van der Waals surface area contributed by atoms with E-state index in [1.54, 1.807) is 0 Å². The molecule has 0 aliphatic heterocycles. The molecule has 0 heterocycles. The molecule has 2 aliphatic rings. The largest absolute Gasteiger partial charge is 0.396 e. The molecule has 2 atom stereocenters. The third kappa shape index (κ3) is 1.94. The molecule has 2 aliphatic carbocycles. The van der Waals surface area contributed by atoms with Crippen molar-refractivity contribution in [3.05, 3.63) is 47.5 Å². The van der Waals surface area contributed by atoms with E-state index >= 15 is 0 Å². The zero-order valence-electron chi connectivity index (χ0n) is 12.3. The van der Waals surface area contributed by atoms with Gasteiger partial charge in [-0.05, 0) is 35.7 Å². The Hall–Kier alpha value is -1.12. The molecule has 1 aromatic carbocycles. The molecule has 0 unspecified atom stereocenters. The van der Waals surface area contributed by atoms with Gasteiger partial charge in [-0.25, -0.2) is 0 Å². The summed E-state index contributed by atoms with van der Waals surface area (Å²) in [6.07, 6.45) is 4.38. The summed E-state index contributed by atoms with van der Waals surface area (Å²) in [6, 6.07) is 10.3. The third-order valence-corrected chi connectivity index (χ3v) is 5.37. The first kappa shape index (κ1) is 13.8. The van der Waals surface area contributed by atoms with Crippen LogP contribution in [-0.2, 0) is 0 Å². The summed E-state index contributed by atoms with van der Waals surface area (Å²) in [6.45, 7) is 4.60. The molecule has 2 N–H and O–H groups in total. The molecular weight excluding hydrogens is 248 g/mol.